The molecule has 168 valence electrons. The lowest BCUT2D eigenvalue weighted by molar-refractivity contribution is -0.137. The zero-order chi connectivity index (χ0) is 22.9. The van der Waals surface area contributed by atoms with Crippen LogP contribution in [-0.4, -0.2) is 52.0 Å². The van der Waals surface area contributed by atoms with Crippen LogP contribution in [0, 0.1) is 0 Å². The topological polar surface area (TPSA) is 62.5 Å². The summed E-state index contributed by atoms with van der Waals surface area (Å²) < 4.78 is 43.3. The van der Waals surface area contributed by atoms with Gasteiger partial charge in [0.05, 0.1) is 22.7 Å². The molecule has 6 nitrogen and oxygen atoms in total. The van der Waals surface area contributed by atoms with Crippen LogP contribution in [0.3, 0.4) is 0 Å². The molecule has 1 amide bonds. The van der Waals surface area contributed by atoms with Crippen molar-refractivity contribution in [3.63, 3.8) is 0 Å². The molecule has 1 aromatic heterocycles. The Balaban J connectivity index is 1.34. The normalized spacial score (nSPS) is 15.2. The number of aromatic nitrogens is 2. The van der Waals surface area contributed by atoms with Gasteiger partial charge in [0.2, 0.25) is 0 Å². The first-order valence-corrected chi connectivity index (χ1v) is 10.4. The molecule has 0 bridgehead atoms. The van der Waals surface area contributed by atoms with Crippen molar-refractivity contribution in [3.05, 3.63) is 69.5 Å². The number of rotatable bonds is 4. The lowest BCUT2D eigenvalue weighted by atomic mass is 10.1. The van der Waals surface area contributed by atoms with Gasteiger partial charge in [-0.15, -0.1) is 0 Å². The highest BCUT2D eigenvalue weighted by molar-refractivity contribution is 6.36. The van der Waals surface area contributed by atoms with Crippen molar-refractivity contribution < 1.29 is 22.5 Å². The first-order valence-electron chi connectivity index (χ1n) is 9.67. The minimum atomic E-state index is -4.40. The first-order chi connectivity index (χ1) is 15.2. The van der Waals surface area contributed by atoms with Crippen LogP contribution in [0.15, 0.2) is 47.0 Å². The summed E-state index contributed by atoms with van der Waals surface area (Å²) in [5, 5.41) is 4.70. The molecule has 2 heterocycles. The monoisotopic (exact) mass is 484 g/mol. The maximum absolute atomic E-state index is 12.7. The number of halogens is 5. The van der Waals surface area contributed by atoms with Gasteiger partial charge < -0.3 is 9.42 Å². The molecule has 11 heteroatoms. The second-order valence-corrected chi connectivity index (χ2v) is 8.13. The molecule has 0 saturated carbocycles. The summed E-state index contributed by atoms with van der Waals surface area (Å²) >= 11 is 12.0. The molecule has 3 aromatic rings. The van der Waals surface area contributed by atoms with Crippen molar-refractivity contribution in [2.75, 3.05) is 26.2 Å². The summed E-state index contributed by atoms with van der Waals surface area (Å²) in [5.74, 6) is 0.413. The standard InChI is InChI=1S/C21H17Cl2F3N4O2/c22-15-5-6-16(17(23)11-15)20(31)30-9-7-29(8-10-30)12-18-27-19(32-28-18)13-1-3-14(4-2-13)21(24,25)26/h1-6,11H,7-10,12H2. The van der Waals surface area contributed by atoms with Crippen molar-refractivity contribution in [2.24, 2.45) is 0 Å². The minimum absolute atomic E-state index is 0.153. The van der Waals surface area contributed by atoms with Gasteiger partial charge in [0.1, 0.15) is 0 Å². The van der Waals surface area contributed by atoms with Gasteiger partial charge in [0.25, 0.3) is 11.8 Å². The summed E-state index contributed by atoms with van der Waals surface area (Å²) in [6.07, 6.45) is -4.40. The summed E-state index contributed by atoms with van der Waals surface area (Å²) in [7, 11) is 0. The van der Waals surface area contributed by atoms with Crippen LogP contribution in [0.4, 0.5) is 13.2 Å². The number of piperazine rings is 1. The molecule has 1 aliphatic heterocycles. The third kappa shape index (κ3) is 5.06. The maximum atomic E-state index is 12.7. The molecule has 0 unspecified atom stereocenters. The fourth-order valence-corrected chi connectivity index (χ4v) is 3.87. The molecular weight excluding hydrogens is 468 g/mol. The van der Waals surface area contributed by atoms with E-state index in [4.69, 9.17) is 27.7 Å². The van der Waals surface area contributed by atoms with E-state index in [1.807, 2.05) is 0 Å². The van der Waals surface area contributed by atoms with Crippen LogP contribution in [0.1, 0.15) is 21.7 Å². The summed E-state index contributed by atoms with van der Waals surface area (Å²) in [6.45, 7) is 2.60. The number of carbonyl (C=O) groups is 1. The van der Waals surface area contributed by atoms with Crippen LogP contribution in [0.5, 0.6) is 0 Å². The van der Waals surface area contributed by atoms with E-state index >= 15 is 0 Å². The molecule has 4 rings (SSSR count). The second kappa shape index (κ2) is 9.09. The van der Waals surface area contributed by atoms with E-state index in [1.54, 1.807) is 17.0 Å². The van der Waals surface area contributed by atoms with Crippen molar-refractivity contribution in [1.29, 1.82) is 0 Å². The van der Waals surface area contributed by atoms with Crippen LogP contribution < -0.4 is 0 Å². The molecule has 0 N–H and O–H groups in total. The minimum Gasteiger partial charge on any atom is -0.336 e. The van der Waals surface area contributed by atoms with Gasteiger partial charge >= 0.3 is 6.18 Å². The van der Waals surface area contributed by atoms with Gasteiger partial charge in [-0.3, -0.25) is 9.69 Å². The first kappa shape index (κ1) is 22.6. The van der Waals surface area contributed by atoms with E-state index in [0.717, 1.165) is 12.1 Å². The van der Waals surface area contributed by atoms with Crippen LogP contribution >= 0.6 is 23.2 Å². The summed E-state index contributed by atoms with van der Waals surface area (Å²) in [4.78, 5) is 20.8. The Bertz CT molecular complexity index is 1110. The van der Waals surface area contributed by atoms with E-state index in [1.165, 1.54) is 18.2 Å². The van der Waals surface area contributed by atoms with Gasteiger partial charge in [0.15, 0.2) is 5.82 Å². The fraction of sp³-hybridized carbons (Fsp3) is 0.286. The zero-order valence-corrected chi connectivity index (χ0v) is 18.1. The van der Waals surface area contributed by atoms with Crippen molar-refractivity contribution in [1.82, 2.24) is 19.9 Å². The smallest absolute Gasteiger partial charge is 0.336 e. The van der Waals surface area contributed by atoms with Crippen LogP contribution in [0.25, 0.3) is 11.5 Å². The number of alkyl halides is 3. The summed E-state index contributed by atoms with van der Waals surface area (Å²) in [5.41, 5.74) is 0.0733. The highest BCUT2D eigenvalue weighted by Gasteiger charge is 2.30. The van der Waals surface area contributed by atoms with Gasteiger partial charge in [-0.1, -0.05) is 28.4 Å². The van der Waals surface area contributed by atoms with E-state index in [0.29, 0.717) is 59.7 Å². The average molecular weight is 485 g/mol. The summed E-state index contributed by atoms with van der Waals surface area (Å²) in [6, 6.07) is 9.32. The molecule has 1 fully saturated rings. The van der Waals surface area contributed by atoms with Crippen molar-refractivity contribution >= 4 is 29.1 Å². The van der Waals surface area contributed by atoms with Crippen LogP contribution in [-0.2, 0) is 12.7 Å². The fourth-order valence-electron chi connectivity index (χ4n) is 3.38. The number of benzene rings is 2. The molecule has 32 heavy (non-hydrogen) atoms. The predicted molar refractivity (Wildman–Crippen MR) is 112 cm³/mol. The van der Waals surface area contributed by atoms with Crippen molar-refractivity contribution in [2.45, 2.75) is 12.7 Å². The lowest BCUT2D eigenvalue weighted by Gasteiger charge is -2.34. The number of amides is 1. The Morgan fingerprint density at radius 3 is 2.34 bits per heavy atom. The Labute approximate surface area is 191 Å². The maximum Gasteiger partial charge on any atom is 0.416 e. The number of nitrogens with zero attached hydrogens (tertiary/aromatic N) is 4. The average Bonchev–Trinajstić information content (AvgIpc) is 3.22. The number of hydrogen-bond donors (Lipinski definition) is 0. The third-order valence-electron chi connectivity index (χ3n) is 5.11. The Hall–Kier alpha value is -2.62. The zero-order valence-electron chi connectivity index (χ0n) is 16.6. The van der Waals surface area contributed by atoms with Gasteiger partial charge in [-0.2, -0.15) is 18.2 Å². The van der Waals surface area contributed by atoms with Crippen LogP contribution in [0.2, 0.25) is 10.0 Å². The van der Waals surface area contributed by atoms with Gasteiger partial charge in [0, 0.05) is 36.8 Å². The third-order valence-corrected chi connectivity index (χ3v) is 5.66. The molecule has 0 aliphatic carbocycles. The quantitative estimate of drug-likeness (QED) is 0.520. The number of carbonyl (C=O) groups excluding carboxylic acids is 1. The molecule has 0 atom stereocenters. The second-order valence-electron chi connectivity index (χ2n) is 7.28. The molecule has 1 aliphatic rings. The van der Waals surface area contributed by atoms with E-state index in [2.05, 4.69) is 15.0 Å². The Morgan fingerprint density at radius 2 is 1.72 bits per heavy atom. The molecular formula is C21H17Cl2F3N4O2. The lowest BCUT2D eigenvalue weighted by Crippen LogP contribution is -2.48. The number of hydrogen-bond acceptors (Lipinski definition) is 5. The molecule has 2 aromatic carbocycles. The SMILES string of the molecule is O=C(c1ccc(Cl)cc1Cl)N1CCN(Cc2noc(-c3ccc(C(F)(F)F)cc3)n2)CC1. The van der Waals surface area contributed by atoms with Gasteiger partial charge in [-0.05, 0) is 42.5 Å². The largest absolute Gasteiger partial charge is 0.416 e. The predicted octanol–water partition coefficient (Wildman–Crippen LogP) is 5.02. The molecule has 0 radical (unpaired) electrons. The van der Waals surface area contributed by atoms with E-state index in [9.17, 15) is 18.0 Å². The highest BCUT2D eigenvalue weighted by atomic mass is 35.5. The molecule has 1 saturated heterocycles. The molecule has 0 spiro atoms. The van der Waals surface area contributed by atoms with E-state index in [-0.39, 0.29) is 11.8 Å². The Kier molecular flexibility index (Phi) is 6.41. The van der Waals surface area contributed by atoms with Gasteiger partial charge in [-0.25, -0.2) is 0 Å². The Morgan fingerprint density at radius 1 is 1.03 bits per heavy atom. The highest BCUT2D eigenvalue weighted by Crippen LogP contribution is 2.30. The van der Waals surface area contributed by atoms with Crippen molar-refractivity contribution in [3.8, 4) is 11.5 Å². The van der Waals surface area contributed by atoms with E-state index < -0.39 is 11.7 Å².